The van der Waals surface area contributed by atoms with E-state index in [1.165, 1.54) is 0 Å². The second kappa shape index (κ2) is 8.29. The van der Waals surface area contributed by atoms with Gasteiger partial charge in [0.2, 0.25) is 5.95 Å². The summed E-state index contributed by atoms with van der Waals surface area (Å²) in [5.74, 6) is 0.949. The largest absolute Gasteiger partial charge is 0.491 e. The minimum absolute atomic E-state index is 0.114. The summed E-state index contributed by atoms with van der Waals surface area (Å²) in [4.78, 5) is 20.7. The number of rotatable bonds is 7. The molecule has 1 unspecified atom stereocenters. The van der Waals surface area contributed by atoms with E-state index in [1.54, 1.807) is 24.4 Å². The van der Waals surface area contributed by atoms with Crippen LogP contribution in [0.15, 0.2) is 36.5 Å². The van der Waals surface area contributed by atoms with Gasteiger partial charge in [-0.15, -0.1) is 0 Å². The number of anilines is 2. The van der Waals surface area contributed by atoms with Gasteiger partial charge < -0.3 is 15.4 Å². The predicted molar refractivity (Wildman–Crippen MR) is 95.6 cm³/mol. The molecule has 0 aliphatic carbocycles. The molecular formula is C18H24N4O2. The van der Waals surface area contributed by atoms with E-state index in [2.05, 4.69) is 27.5 Å². The van der Waals surface area contributed by atoms with Gasteiger partial charge >= 0.3 is 0 Å². The molecule has 0 saturated heterocycles. The lowest BCUT2D eigenvalue weighted by atomic mass is 10.2. The SMILES string of the molecule is CCC(C)Nc1nccc(C(=O)Nc2ccc(OC(C)C)cc2)n1. The molecule has 2 aromatic rings. The van der Waals surface area contributed by atoms with Crippen LogP contribution in [0.1, 0.15) is 44.6 Å². The summed E-state index contributed by atoms with van der Waals surface area (Å²) in [6.07, 6.45) is 2.64. The zero-order chi connectivity index (χ0) is 17.5. The molecule has 0 aliphatic heterocycles. The maximum Gasteiger partial charge on any atom is 0.274 e. The summed E-state index contributed by atoms with van der Waals surface area (Å²) in [5.41, 5.74) is 1.00. The van der Waals surface area contributed by atoms with Gasteiger partial charge in [0, 0.05) is 17.9 Å². The first-order valence-electron chi connectivity index (χ1n) is 8.15. The van der Waals surface area contributed by atoms with Crippen LogP contribution in [-0.2, 0) is 0 Å². The minimum Gasteiger partial charge on any atom is -0.491 e. The molecule has 128 valence electrons. The number of hydrogen-bond acceptors (Lipinski definition) is 5. The average molecular weight is 328 g/mol. The molecule has 1 amide bonds. The van der Waals surface area contributed by atoms with E-state index in [9.17, 15) is 4.79 Å². The number of amides is 1. The fraction of sp³-hybridized carbons (Fsp3) is 0.389. The van der Waals surface area contributed by atoms with Gasteiger partial charge in [-0.2, -0.15) is 0 Å². The number of aromatic nitrogens is 2. The van der Waals surface area contributed by atoms with Crippen molar-refractivity contribution in [2.75, 3.05) is 10.6 Å². The first kappa shape index (κ1) is 17.7. The van der Waals surface area contributed by atoms with Crippen molar-refractivity contribution in [1.29, 1.82) is 0 Å². The lowest BCUT2D eigenvalue weighted by Crippen LogP contribution is -2.19. The van der Waals surface area contributed by atoms with E-state index in [-0.39, 0.29) is 18.1 Å². The van der Waals surface area contributed by atoms with Crippen molar-refractivity contribution in [3.63, 3.8) is 0 Å². The van der Waals surface area contributed by atoms with Crippen molar-refractivity contribution in [3.8, 4) is 5.75 Å². The Hall–Kier alpha value is -2.63. The van der Waals surface area contributed by atoms with Crippen LogP contribution in [0.5, 0.6) is 5.75 Å². The van der Waals surface area contributed by atoms with Crippen molar-refractivity contribution in [2.24, 2.45) is 0 Å². The van der Waals surface area contributed by atoms with Gasteiger partial charge in [-0.1, -0.05) is 6.92 Å². The van der Waals surface area contributed by atoms with Crippen LogP contribution in [0, 0.1) is 0 Å². The molecule has 0 spiro atoms. The molecule has 0 fully saturated rings. The van der Waals surface area contributed by atoms with Gasteiger partial charge in [0.05, 0.1) is 6.10 Å². The van der Waals surface area contributed by atoms with Crippen LogP contribution in [-0.4, -0.2) is 28.0 Å². The summed E-state index contributed by atoms with van der Waals surface area (Å²) >= 11 is 0. The van der Waals surface area contributed by atoms with E-state index in [4.69, 9.17) is 4.74 Å². The number of carbonyl (C=O) groups is 1. The van der Waals surface area contributed by atoms with Crippen molar-refractivity contribution in [1.82, 2.24) is 9.97 Å². The Morgan fingerprint density at radius 3 is 2.50 bits per heavy atom. The van der Waals surface area contributed by atoms with Gasteiger partial charge in [0.1, 0.15) is 11.4 Å². The second-order valence-electron chi connectivity index (χ2n) is 5.86. The number of hydrogen-bond donors (Lipinski definition) is 2. The van der Waals surface area contributed by atoms with Gasteiger partial charge in [0.25, 0.3) is 5.91 Å². The molecule has 1 heterocycles. The molecule has 0 aliphatic rings. The molecule has 1 aromatic carbocycles. The molecule has 2 rings (SSSR count). The van der Waals surface area contributed by atoms with Crippen LogP contribution in [0.25, 0.3) is 0 Å². The summed E-state index contributed by atoms with van der Waals surface area (Å²) in [5, 5.41) is 5.98. The summed E-state index contributed by atoms with van der Waals surface area (Å²) in [7, 11) is 0. The zero-order valence-corrected chi connectivity index (χ0v) is 14.5. The van der Waals surface area contributed by atoms with Crippen molar-refractivity contribution in [3.05, 3.63) is 42.2 Å². The number of nitrogens with zero attached hydrogens (tertiary/aromatic N) is 2. The highest BCUT2D eigenvalue weighted by Gasteiger charge is 2.10. The molecule has 1 aromatic heterocycles. The first-order chi connectivity index (χ1) is 11.5. The quantitative estimate of drug-likeness (QED) is 0.810. The summed E-state index contributed by atoms with van der Waals surface area (Å²) < 4.78 is 5.58. The summed E-state index contributed by atoms with van der Waals surface area (Å²) in [6.45, 7) is 8.05. The fourth-order valence-electron chi connectivity index (χ4n) is 1.96. The van der Waals surface area contributed by atoms with Crippen LogP contribution >= 0.6 is 0 Å². The van der Waals surface area contributed by atoms with Crippen molar-refractivity contribution >= 4 is 17.5 Å². The molecule has 0 saturated carbocycles. The van der Waals surface area contributed by atoms with Crippen LogP contribution < -0.4 is 15.4 Å². The third-order valence-electron chi connectivity index (χ3n) is 3.36. The van der Waals surface area contributed by atoms with E-state index < -0.39 is 0 Å². The molecule has 0 bridgehead atoms. The Labute approximate surface area is 142 Å². The number of carbonyl (C=O) groups excluding carboxylic acids is 1. The van der Waals surface area contributed by atoms with Gasteiger partial charge in [0.15, 0.2) is 0 Å². The van der Waals surface area contributed by atoms with Crippen molar-refractivity contribution in [2.45, 2.75) is 46.3 Å². The van der Waals surface area contributed by atoms with Gasteiger partial charge in [-0.3, -0.25) is 4.79 Å². The van der Waals surface area contributed by atoms with Gasteiger partial charge in [-0.25, -0.2) is 9.97 Å². The standard InChI is InChI=1S/C18H24N4O2/c1-5-13(4)20-18-19-11-10-16(22-18)17(23)21-14-6-8-15(9-7-14)24-12(2)3/h6-13H,5H2,1-4H3,(H,21,23)(H,19,20,22). The van der Waals surface area contributed by atoms with E-state index in [0.29, 0.717) is 17.3 Å². The summed E-state index contributed by atoms with van der Waals surface area (Å²) in [6, 6.07) is 9.09. The van der Waals surface area contributed by atoms with Gasteiger partial charge in [-0.05, 0) is 57.5 Å². The molecule has 1 atom stereocenters. The molecule has 6 nitrogen and oxygen atoms in total. The van der Waals surface area contributed by atoms with Crippen LogP contribution in [0.4, 0.5) is 11.6 Å². The lowest BCUT2D eigenvalue weighted by Gasteiger charge is -2.12. The smallest absolute Gasteiger partial charge is 0.274 e. The monoisotopic (exact) mass is 328 g/mol. The third kappa shape index (κ3) is 5.22. The highest BCUT2D eigenvalue weighted by atomic mass is 16.5. The van der Waals surface area contributed by atoms with E-state index in [1.807, 2.05) is 32.9 Å². The minimum atomic E-state index is -0.276. The van der Waals surface area contributed by atoms with Crippen LogP contribution in [0.2, 0.25) is 0 Å². The molecule has 24 heavy (non-hydrogen) atoms. The maximum atomic E-state index is 12.3. The van der Waals surface area contributed by atoms with E-state index >= 15 is 0 Å². The number of benzene rings is 1. The lowest BCUT2D eigenvalue weighted by molar-refractivity contribution is 0.102. The van der Waals surface area contributed by atoms with Crippen molar-refractivity contribution < 1.29 is 9.53 Å². The Kier molecular flexibility index (Phi) is 6.12. The second-order valence-corrected chi connectivity index (χ2v) is 5.86. The third-order valence-corrected chi connectivity index (χ3v) is 3.36. The number of ether oxygens (including phenoxy) is 1. The van der Waals surface area contributed by atoms with Crippen LogP contribution in [0.3, 0.4) is 0 Å². The molecule has 2 N–H and O–H groups in total. The predicted octanol–water partition coefficient (Wildman–Crippen LogP) is 3.73. The Morgan fingerprint density at radius 2 is 1.88 bits per heavy atom. The Balaban J connectivity index is 2.02. The molecule has 6 heteroatoms. The normalized spacial score (nSPS) is 11.9. The fourth-order valence-corrected chi connectivity index (χ4v) is 1.96. The maximum absolute atomic E-state index is 12.3. The highest BCUT2D eigenvalue weighted by Crippen LogP contribution is 2.17. The number of nitrogens with one attached hydrogen (secondary N) is 2. The highest BCUT2D eigenvalue weighted by molar-refractivity contribution is 6.02. The zero-order valence-electron chi connectivity index (χ0n) is 14.5. The first-order valence-corrected chi connectivity index (χ1v) is 8.15. The Morgan fingerprint density at radius 1 is 1.17 bits per heavy atom. The topological polar surface area (TPSA) is 76.1 Å². The Bertz CT molecular complexity index is 671. The molecular weight excluding hydrogens is 304 g/mol. The van der Waals surface area contributed by atoms with E-state index in [0.717, 1.165) is 12.2 Å². The molecule has 0 radical (unpaired) electrons. The average Bonchev–Trinajstić information content (AvgIpc) is 2.56.